The summed E-state index contributed by atoms with van der Waals surface area (Å²) < 4.78 is 0. The third kappa shape index (κ3) is 4.53. The molecule has 2 aromatic carbocycles. The summed E-state index contributed by atoms with van der Waals surface area (Å²) in [6.45, 7) is 5.71. The first-order chi connectivity index (χ1) is 12.2. The van der Waals surface area contributed by atoms with E-state index in [1.165, 1.54) is 11.3 Å². The molecule has 0 bridgehead atoms. The molecule has 3 N–H and O–H groups in total. The number of nitrogens with one attached hydrogen (secondary N) is 1. The van der Waals surface area contributed by atoms with E-state index in [0.717, 1.165) is 43.6 Å². The molecule has 2 aromatic rings. The summed E-state index contributed by atoms with van der Waals surface area (Å²) in [4.78, 5) is 2.40. The van der Waals surface area contributed by atoms with Crippen molar-refractivity contribution in [1.82, 2.24) is 5.32 Å². The number of aliphatic hydroxyl groups excluding tert-OH is 1. The summed E-state index contributed by atoms with van der Waals surface area (Å²) >= 11 is 0. The molecule has 1 aliphatic rings. The van der Waals surface area contributed by atoms with Crippen molar-refractivity contribution in [3.8, 4) is 5.75 Å². The average molecular weight is 340 g/mol. The summed E-state index contributed by atoms with van der Waals surface area (Å²) in [6.07, 6.45) is 2.14. The van der Waals surface area contributed by atoms with Crippen molar-refractivity contribution in [3.63, 3.8) is 0 Å². The third-order valence-corrected chi connectivity index (χ3v) is 5.14. The van der Waals surface area contributed by atoms with E-state index < -0.39 is 0 Å². The molecule has 0 saturated carbocycles. The molecular formula is C21H28N2O2. The molecule has 0 aliphatic carbocycles. The normalized spacial score (nSPS) is 15.5. The van der Waals surface area contributed by atoms with Crippen LogP contribution in [0.5, 0.6) is 5.75 Å². The predicted molar refractivity (Wildman–Crippen MR) is 102 cm³/mol. The Balaban J connectivity index is 1.50. The summed E-state index contributed by atoms with van der Waals surface area (Å²) in [5.74, 6) is 0.856. The maximum Gasteiger partial charge on any atom is 0.122 e. The predicted octanol–water partition coefficient (Wildman–Crippen LogP) is 3.20. The largest absolute Gasteiger partial charge is 0.507 e. The maximum absolute atomic E-state index is 10.1. The summed E-state index contributed by atoms with van der Waals surface area (Å²) in [7, 11) is 0. The van der Waals surface area contributed by atoms with Crippen LogP contribution in [-0.2, 0) is 13.1 Å². The average Bonchev–Trinajstić information content (AvgIpc) is 2.66. The Hall–Kier alpha value is -2.04. The van der Waals surface area contributed by atoms with E-state index >= 15 is 0 Å². The Morgan fingerprint density at radius 1 is 1.04 bits per heavy atom. The molecule has 0 spiro atoms. The molecule has 0 atom stereocenters. The van der Waals surface area contributed by atoms with Crippen LogP contribution in [0.1, 0.15) is 29.5 Å². The summed E-state index contributed by atoms with van der Waals surface area (Å²) in [6, 6.07) is 14.5. The Morgan fingerprint density at radius 3 is 2.44 bits per heavy atom. The number of hydrogen-bond donors (Lipinski definition) is 3. The van der Waals surface area contributed by atoms with Gasteiger partial charge < -0.3 is 20.4 Å². The fourth-order valence-electron chi connectivity index (χ4n) is 3.40. The van der Waals surface area contributed by atoms with Gasteiger partial charge in [0.15, 0.2) is 0 Å². The molecule has 0 aromatic heterocycles. The first kappa shape index (κ1) is 17.8. The summed E-state index contributed by atoms with van der Waals surface area (Å²) in [5.41, 5.74) is 4.34. The number of phenolic OH excluding ortho intramolecular Hbond substituents is 1. The van der Waals surface area contributed by atoms with E-state index in [4.69, 9.17) is 0 Å². The van der Waals surface area contributed by atoms with Crippen molar-refractivity contribution in [2.24, 2.45) is 5.92 Å². The number of phenols is 1. The molecule has 1 aliphatic heterocycles. The number of hydrogen-bond acceptors (Lipinski definition) is 4. The zero-order chi connectivity index (χ0) is 17.6. The quantitative estimate of drug-likeness (QED) is 0.756. The van der Waals surface area contributed by atoms with Gasteiger partial charge in [-0.25, -0.2) is 0 Å². The summed E-state index contributed by atoms with van der Waals surface area (Å²) in [5, 5.41) is 22.7. The van der Waals surface area contributed by atoms with Crippen LogP contribution < -0.4 is 10.2 Å². The number of piperidine rings is 1. The minimum atomic E-state index is 0.314. The number of rotatable bonds is 6. The SMILES string of the molecule is Cc1cccc(CNCc2ccc(N3CCC(CO)CC3)cc2)c1O. The van der Waals surface area contributed by atoms with Crippen LogP contribution in [0.15, 0.2) is 42.5 Å². The minimum absolute atomic E-state index is 0.314. The standard InChI is InChI=1S/C21H28N2O2/c1-16-3-2-4-19(21(16)25)14-22-13-17-5-7-20(8-6-17)23-11-9-18(15-24)10-12-23/h2-8,18,22,24-25H,9-15H2,1H3. The highest BCUT2D eigenvalue weighted by Gasteiger charge is 2.18. The maximum atomic E-state index is 10.1. The number of benzene rings is 2. The second kappa shape index (κ2) is 8.37. The molecule has 4 heteroatoms. The molecule has 3 rings (SSSR count). The molecule has 0 radical (unpaired) electrons. The van der Waals surface area contributed by atoms with E-state index in [2.05, 4.69) is 34.5 Å². The van der Waals surface area contributed by atoms with Gasteiger partial charge in [0, 0.05) is 44.0 Å². The van der Waals surface area contributed by atoms with Crippen LogP contribution >= 0.6 is 0 Å². The van der Waals surface area contributed by atoms with Gasteiger partial charge in [-0.1, -0.05) is 30.3 Å². The molecule has 1 fully saturated rings. The van der Waals surface area contributed by atoms with Crippen molar-refractivity contribution in [2.45, 2.75) is 32.9 Å². The molecule has 1 heterocycles. The van der Waals surface area contributed by atoms with Crippen LogP contribution in [0, 0.1) is 12.8 Å². The molecule has 0 amide bonds. The van der Waals surface area contributed by atoms with Crippen LogP contribution in [0.2, 0.25) is 0 Å². The fourth-order valence-corrected chi connectivity index (χ4v) is 3.40. The first-order valence-corrected chi connectivity index (χ1v) is 9.10. The van der Waals surface area contributed by atoms with Crippen molar-refractivity contribution in [3.05, 3.63) is 59.2 Å². The monoisotopic (exact) mass is 340 g/mol. The first-order valence-electron chi connectivity index (χ1n) is 9.10. The lowest BCUT2D eigenvalue weighted by molar-refractivity contribution is 0.203. The lowest BCUT2D eigenvalue weighted by atomic mass is 9.97. The Morgan fingerprint density at radius 2 is 1.76 bits per heavy atom. The van der Waals surface area contributed by atoms with Crippen molar-refractivity contribution in [2.75, 3.05) is 24.6 Å². The van der Waals surface area contributed by atoms with E-state index in [-0.39, 0.29) is 0 Å². The molecular weight excluding hydrogens is 312 g/mol. The molecule has 25 heavy (non-hydrogen) atoms. The number of aliphatic hydroxyl groups is 1. The van der Waals surface area contributed by atoms with Gasteiger partial charge in [-0.2, -0.15) is 0 Å². The lowest BCUT2D eigenvalue weighted by Crippen LogP contribution is -2.34. The second-order valence-corrected chi connectivity index (χ2v) is 6.97. The Bertz CT molecular complexity index is 677. The minimum Gasteiger partial charge on any atom is -0.507 e. The van der Waals surface area contributed by atoms with Gasteiger partial charge in [-0.05, 0) is 48.9 Å². The zero-order valence-corrected chi connectivity index (χ0v) is 14.9. The number of aromatic hydroxyl groups is 1. The van der Waals surface area contributed by atoms with E-state index in [9.17, 15) is 10.2 Å². The fraction of sp³-hybridized carbons (Fsp3) is 0.429. The molecule has 1 saturated heterocycles. The van der Waals surface area contributed by atoms with Gasteiger partial charge in [-0.15, -0.1) is 0 Å². The van der Waals surface area contributed by atoms with Gasteiger partial charge in [0.1, 0.15) is 5.75 Å². The van der Waals surface area contributed by atoms with Crippen molar-refractivity contribution < 1.29 is 10.2 Å². The second-order valence-electron chi connectivity index (χ2n) is 6.97. The highest BCUT2D eigenvalue weighted by molar-refractivity contribution is 5.48. The van der Waals surface area contributed by atoms with Gasteiger partial charge in [0.05, 0.1) is 0 Å². The van der Waals surface area contributed by atoms with Gasteiger partial charge in [0.25, 0.3) is 0 Å². The van der Waals surface area contributed by atoms with E-state index in [0.29, 0.717) is 24.8 Å². The van der Waals surface area contributed by atoms with Crippen molar-refractivity contribution >= 4 is 5.69 Å². The lowest BCUT2D eigenvalue weighted by Gasteiger charge is -2.33. The van der Waals surface area contributed by atoms with Gasteiger partial charge >= 0.3 is 0 Å². The highest BCUT2D eigenvalue weighted by Crippen LogP contribution is 2.24. The number of aryl methyl sites for hydroxylation is 1. The van der Waals surface area contributed by atoms with Gasteiger partial charge in [-0.3, -0.25) is 0 Å². The Labute approximate surface area is 150 Å². The van der Waals surface area contributed by atoms with Crippen LogP contribution in [0.25, 0.3) is 0 Å². The number of nitrogens with zero attached hydrogens (tertiary/aromatic N) is 1. The highest BCUT2D eigenvalue weighted by atomic mass is 16.3. The third-order valence-electron chi connectivity index (χ3n) is 5.14. The van der Waals surface area contributed by atoms with Crippen LogP contribution in [0.4, 0.5) is 5.69 Å². The van der Waals surface area contributed by atoms with Crippen LogP contribution in [-0.4, -0.2) is 29.9 Å². The molecule has 0 unspecified atom stereocenters. The zero-order valence-electron chi connectivity index (χ0n) is 14.9. The van der Waals surface area contributed by atoms with Crippen molar-refractivity contribution in [1.29, 1.82) is 0 Å². The topological polar surface area (TPSA) is 55.7 Å². The Kier molecular flexibility index (Phi) is 5.95. The molecule has 134 valence electrons. The van der Waals surface area contributed by atoms with E-state index in [1.54, 1.807) is 0 Å². The van der Waals surface area contributed by atoms with Crippen LogP contribution in [0.3, 0.4) is 0 Å². The van der Waals surface area contributed by atoms with Gasteiger partial charge in [0.2, 0.25) is 0 Å². The number of anilines is 1. The smallest absolute Gasteiger partial charge is 0.122 e. The van der Waals surface area contributed by atoms with E-state index in [1.807, 2.05) is 25.1 Å². The number of para-hydroxylation sites is 1. The molecule has 4 nitrogen and oxygen atoms in total.